The number of nitrogens with zero attached hydrogens (tertiary/aromatic N) is 1. The molecule has 0 spiro atoms. The van der Waals surface area contributed by atoms with Crippen molar-refractivity contribution in [2.45, 2.75) is 19.3 Å². The van der Waals surface area contributed by atoms with Gasteiger partial charge in [-0.3, -0.25) is 0 Å². The molecule has 1 aromatic heterocycles. The summed E-state index contributed by atoms with van der Waals surface area (Å²) in [5.41, 5.74) is 18.5. The highest BCUT2D eigenvalue weighted by atomic mass is 15.0. The molecule has 0 saturated heterocycles. The first kappa shape index (κ1) is 17.4. The van der Waals surface area contributed by atoms with Crippen molar-refractivity contribution in [3.8, 4) is 27.9 Å². The number of hydrogen-bond donors (Lipinski definition) is 0. The minimum Gasteiger partial charge on any atom is -0.309 e. The van der Waals surface area contributed by atoms with Crippen molar-refractivity contribution >= 4 is 21.8 Å². The van der Waals surface area contributed by atoms with Crippen molar-refractivity contribution in [2.24, 2.45) is 0 Å². The summed E-state index contributed by atoms with van der Waals surface area (Å²) in [5, 5.41) is 2.82. The number of benzene rings is 5. The highest BCUT2D eigenvalue weighted by Gasteiger charge is 2.29. The highest BCUT2D eigenvalue weighted by molar-refractivity contribution is 6.18. The van der Waals surface area contributed by atoms with Gasteiger partial charge in [-0.2, -0.15) is 0 Å². The number of aromatic nitrogens is 1. The molecule has 0 fully saturated rings. The van der Waals surface area contributed by atoms with E-state index in [0.717, 1.165) is 19.3 Å². The van der Waals surface area contributed by atoms with Gasteiger partial charge in [0.1, 0.15) is 0 Å². The second-order valence-electron chi connectivity index (χ2n) is 10.1. The van der Waals surface area contributed by atoms with Gasteiger partial charge >= 0.3 is 0 Å². The van der Waals surface area contributed by atoms with Crippen LogP contribution in [0.4, 0.5) is 0 Å². The van der Waals surface area contributed by atoms with Gasteiger partial charge in [-0.05, 0) is 80.6 Å². The summed E-state index contributed by atoms with van der Waals surface area (Å²) in [7, 11) is 0. The van der Waals surface area contributed by atoms with Crippen LogP contribution in [0.3, 0.4) is 0 Å². The van der Waals surface area contributed by atoms with Crippen LogP contribution >= 0.6 is 0 Å². The summed E-state index contributed by atoms with van der Waals surface area (Å²) in [6.07, 6.45) is 3.09. The molecule has 34 heavy (non-hydrogen) atoms. The Hall–Kier alpha value is -4.10. The van der Waals surface area contributed by atoms with Crippen molar-refractivity contribution in [3.63, 3.8) is 0 Å². The van der Waals surface area contributed by atoms with Crippen LogP contribution in [0.25, 0.3) is 49.7 Å². The van der Waals surface area contributed by atoms with Crippen LogP contribution in [0.15, 0.2) is 91.0 Å². The molecule has 0 N–H and O–H groups in total. The van der Waals surface area contributed by atoms with Crippen LogP contribution in [0.1, 0.15) is 33.4 Å². The first-order chi connectivity index (χ1) is 16.8. The lowest BCUT2D eigenvalue weighted by Gasteiger charge is -2.22. The monoisotopic (exact) mass is 431 g/mol. The van der Waals surface area contributed by atoms with E-state index in [1.165, 1.54) is 83.1 Å². The van der Waals surface area contributed by atoms with Crippen molar-refractivity contribution < 1.29 is 0 Å². The van der Waals surface area contributed by atoms with Gasteiger partial charge in [-0.25, -0.2) is 0 Å². The van der Waals surface area contributed by atoms with Crippen LogP contribution in [0.2, 0.25) is 0 Å². The van der Waals surface area contributed by atoms with E-state index >= 15 is 0 Å². The molecule has 0 bridgehead atoms. The van der Waals surface area contributed by atoms with Crippen LogP contribution < -0.4 is 0 Å². The van der Waals surface area contributed by atoms with Gasteiger partial charge in [-0.15, -0.1) is 0 Å². The van der Waals surface area contributed by atoms with E-state index in [0.29, 0.717) is 0 Å². The molecule has 0 amide bonds. The van der Waals surface area contributed by atoms with Crippen molar-refractivity contribution in [2.75, 3.05) is 0 Å². The summed E-state index contributed by atoms with van der Waals surface area (Å²) < 4.78 is 2.57. The molecule has 0 unspecified atom stereocenters. The van der Waals surface area contributed by atoms with E-state index < -0.39 is 0 Å². The summed E-state index contributed by atoms with van der Waals surface area (Å²) in [6.45, 7) is 0. The Morgan fingerprint density at radius 3 is 2.15 bits per heavy atom. The minimum atomic E-state index is 1.01. The second-order valence-corrected chi connectivity index (χ2v) is 10.1. The van der Waals surface area contributed by atoms with Gasteiger partial charge in [0.2, 0.25) is 0 Å². The summed E-state index contributed by atoms with van der Waals surface area (Å²) in [5.74, 6) is 0. The fourth-order valence-corrected chi connectivity index (χ4v) is 7.02. The lowest BCUT2D eigenvalue weighted by Crippen LogP contribution is -2.08. The van der Waals surface area contributed by atoms with Gasteiger partial charge in [0.25, 0.3) is 0 Å². The number of rotatable bonds is 0. The third kappa shape index (κ3) is 1.98. The van der Waals surface area contributed by atoms with E-state index in [4.69, 9.17) is 0 Å². The maximum atomic E-state index is 2.57. The molecule has 2 aliphatic carbocycles. The molecule has 3 aliphatic rings. The van der Waals surface area contributed by atoms with E-state index in [2.05, 4.69) is 95.6 Å². The van der Waals surface area contributed by atoms with Crippen LogP contribution in [0, 0.1) is 0 Å². The number of para-hydroxylation sites is 1. The highest BCUT2D eigenvalue weighted by Crippen LogP contribution is 2.49. The summed E-state index contributed by atoms with van der Waals surface area (Å²) in [6, 6.07) is 34.5. The maximum Gasteiger partial charge on any atom is 0.0576 e. The number of fused-ring (bicyclic) bond motifs is 12. The third-order valence-electron chi connectivity index (χ3n) is 8.41. The Morgan fingerprint density at radius 2 is 1.24 bits per heavy atom. The topological polar surface area (TPSA) is 4.93 Å². The first-order valence-corrected chi connectivity index (χ1v) is 12.3. The Bertz CT molecular complexity index is 1880. The molecule has 1 heteroatoms. The Labute approximate surface area is 197 Å². The average Bonchev–Trinajstić information content (AvgIpc) is 3.53. The molecular formula is C33H21N. The zero-order valence-electron chi connectivity index (χ0n) is 18.7. The van der Waals surface area contributed by atoms with Gasteiger partial charge < -0.3 is 4.57 Å². The fourth-order valence-electron chi connectivity index (χ4n) is 7.02. The van der Waals surface area contributed by atoms with Crippen molar-refractivity contribution in [1.29, 1.82) is 0 Å². The smallest absolute Gasteiger partial charge is 0.0576 e. The van der Waals surface area contributed by atoms with E-state index in [1.807, 2.05) is 0 Å². The molecule has 0 radical (unpaired) electrons. The first-order valence-electron chi connectivity index (χ1n) is 12.3. The lowest BCUT2D eigenvalue weighted by atomic mass is 9.93. The van der Waals surface area contributed by atoms with Crippen molar-refractivity contribution in [1.82, 2.24) is 4.57 Å². The SMILES string of the molecule is c1ccc2c(c1)Cc1cc3c(cc1-2)-n1c2ccc4c(c2c2cccc(c21)C3)-c1ccccc1C4. The fraction of sp³-hybridized carbons (Fsp3) is 0.0909. The van der Waals surface area contributed by atoms with Crippen LogP contribution in [-0.4, -0.2) is 4.57 Å². The van der Waals surface area contributed by atoms with E-state index in [9.17, 15) is 0 Å². The molecule has 9 rings (SSSR count). The Morgan fingerprint density at radius 1 is 0.500 bits per heavy atom. The zero-order valence-corrected chi connectivity index (χ0v) is 18.7. The third-order valence-corrected chi connectivity index (χ3v) is 8.41. The number of hydrogen-bond acceptors (Lipinski definition) is 0. The molecule has 0 saturated carbocycles. The van der Waals surface area contributed by atoms with Gasteiger partial charge in [0.15, 0.2) is 0 Å². The Kier molecular flexibility index (Phi) is 3.00. The van der Waals surface area contributed by atoms with Crippen LogP contribution in [-0.2, 0) is 19.3 Å². The lowest BCUT2D eigenvalue weighted by molar-refractivity contribution is 1.04. The summed E-state index contributed by atoms with van der Waals surface area (Å²) in [4.78, 5) is 0. The quantitative estimate of drug-likeness (QED) is 0.231. The molecule has 1 aliphatic heterocycles. The van der Waals surface area contributed by atoms with E-state index in [-0.39, 0.29) is 0 Å². The van der Waals surface area contributed by atoms with Gasteiger partial charge in [0.05, 0.1) is 16.7 Å². The molecule has 5 aromatic carbocycles. The molecule has 0 atom stereocenters. The zero-order chi connectivity index (χ0) is 22.0. The standard InChI is InChI=1S/C33H21N/c1-3-9-25-19(6-1)15-23-17-24-16-22-8-5-11-27-32-29(34(33(22)27)30(24)18-28(23)25)13-12-21-14-20-7-2-4-10-26(20)31(21)32/h1-13,17-18H,14-16H2. The molecule has 6 aromatic rings. The molecule has 2 heterocycles. The van der Waals surface area contributed by atoms with Gasteiger partial charge in [0, 0.05) is 17.2 Å². The predicted octanol–water partition coefficient (Wildman–Crippen LogP) is 7.83. The molecule has 1 nitrogen and oxygen atoms in total. The minimum absolute atomic E-state index is 1.01. The van der Waals surface area contributed by atoms with Crippen molar-refractivity contribution in [3.05, 3.63) is 124 Å². The van der Waals surface area contributed by atoms with Gasteiger partial charge in [-0.1, -0.05) is 78.9 Å². The normalized spacial score (nSPS) is 14.1. The van der Waals surface area contributed by atoms with Crippen LogP contribution in [0.5, 0.6) is 0 Å². The largest absolute Gasteiger partial charge is 0.309 e. The molecular weight excluding hydrogens is 410 g/mol. The summed E-state index contributed by atoms with van der Waals surface area (Å²) >= 11 is 0. The maximum absolute atomic E-state index is 2.57. The Balaban J connectivity index is 1.43. The van der Waals surface area contributed by atoms with E-state index in [1.54, 1.807) is 0 Å². The second kappa shape index (κ2) is 5.87. The predicted molar refractivity (Wildman–Crippen MR) is 140 cm³/mol. The molecule has 158 valence electrons. The average molecular weight is 432 g/mol.